The summed E-state index contributed by atoms with van der Waals surface area (Å²) in [6, 6.07) is 7.91. The van der Waals surface area contributed by atoms with Gasteiger partial charge in [-0.1, -0.05) is 39.8 Å². The van der Waals surface area contributed by atoms with E-state index >= 15 is 0 Å². The van der Waals surface area contributed by atoms with Crippen LogP contribution in [0.2, 0.25) is 0 Å². The van der Waals surface area contributed by atoms with Gasteiger partial charge in [0.05, 0.1) is 11.4 Å². The zero-order valence-corrected chi connectivity index (χ0v) is 13.2. The Morgan fingerprint density at radius 1 is 1.10 bits per heavy atom. The molecule has 0 saturated heterocycles. The molecule has 0 radical (unpaired) electrons. The van der Waals surface area contributed by atoms with Gasteiger partial charge in [-0.25, -0.2) is 9.48 Å². The molecule has 0 aliphatic carbocycles. The van der Waals surface area contributed by atoms with Gasteiger partial charge in [0.2, 0.25) is 0 Å². The Labute approximate surface area is 125 Å². The second-order valence-corrected chi connectivity index (χ2v) is 5.98. The Hall–Kier alpha value is -2.10. The van der Waals surface area contributed by atoms with Crippen LogP contribution in [0, 0.1) is 6.92 Å². The van der Waals surface area contributed by atoms with E-state index in [1.165, 1.54) is 10.2 Å². The topological polar surface area (TPSA) is 55.1 Å². The molecule has 0 bridgehead atoms. The van der Waals surface area contributed by atoms with Crippen molar-refractivity contribution in [2.75, 3.05) is 0 Å². The number of carboxylic acids is 1. The Bertz CT molecular complexity index is 652. The number of rotatable bonds is 4. The molecule has 4 nitrogen and oxygen atoms in total. The van der Waals surface area contributed by atoms with Crippen molar-refractivity contribution in [1.29, 1.82) is 0 Å². The number of hydrogen-bond donors (Lipinski definition) is 1. The molecule has 2 rings (SSSR count). The van der Waals surface area contributed by atoms with E-state index in [1.807, 2.05) is 45.0 Å². The summed E-state index contributed by atoms with van der Waals surface area (Å²) in [6.07, 6.45) is 0. The second-order valence-electron chi connectivity index (χ2n) is 5.98. The van der Waals surface area contributed by atoms with Gasteiger partial charge in [-0.3, -0.25) is 0 Å². The van der Waals surface area contributed by atoms with Crippen LogP contribution in [-0.2, 0) is 0 Å². The van der Waals surface area contributed by atoms with Crippen molar-refractivity contribution in [2.45, 2.75) is 46.5 Å². The highest BCUT2D eigenvalue weighted by Gasteiger charge is 2.22. The van der Waals surface area contributed by atoms with Crippen LogP contribution in [0.3, 0.4) is 0 Å². The third kappa shape index (κ3) is 2.84. The lowest BCUT2D eigenvalue weighted by Crippen LogP contribution is -2.09. The molecule has 0 aliphatic heterocycles. The molecule has 1 heterocycles. The van der Waals surface area contributed by atoms with Crippen LogP contribution < -0.4 is 0 Å². The Kier molecular flexibility index (Phi) is 4.16. The minimum Gasteiger partial charge on any atom is -0.477 e. The highest BCUT2D eigenvalue weighted by atomic mass is 16.4. The number of hydrogen-bond acceptors (Lipinski definition) is 2. The van der Waals surface area contributed by atoms with E-state index in [0.717, 1.165) is 16.9 Å². The van der Waals surface area contributed by atoms with Gasteiger partial charge < -0.3 is 5.11 Å². The Morgan fingerprint density at radius 3 is 2.10 bits per heavy atom. The van der Waals surface area contributed by atoms with Crippen LogP contribution >= 0.6 is 0 Å². The summed E-state index contributed by atoms with van der Waals surface area (Å²) >= 11 is 0. The average molecular weight is 286 g/mol. The van der Waals surface area contributed by atoms with Gasteiger partial charge in [0.25, 0.3) is 0 Å². The normalized spacial score (nSPS) is 11.4. The molecular formula is C17H22N2O2. The molecule has 0 aliphatic rings. The summed E-state index contributed by atoms with van der Waals surface area (Å²) in [4.78, 5) is 11.6. The first-order valence-electron chi connectivity index (χ1n) is 7.26. The van der Waals surface area contributed by atoms with Crippen LogP contribution in [0.1, 0.15) is 66.8 Å². The van der Waals surface area contributed by atoms with Crippen molar-refractivity contribution in [3.63, 3.8) is 0 Å². The van der Waals surface area contributed by atoms with E-state index in [-0.39, 0.29) is 11.6 Å². The van der Waals surface area contributed by atoms with E-state index < -0.39 is 5.97 Å². The van der Waals surface area contributed by atoms with Crippen LogP contribution in [0.25, 0.3) is 5.69 Å². The Balaban J connectivity index is 2.57. The summed E-state index contributed by atoms with van der Waals surface area (Å²) in [6.45, 7) is 10.1. The maximum absolute atomic E-state index is 11.6. The number of carboxylic acid groups (broad SMARTS) is 1. The van der Waals surface area contributed by atoms with E-state index in [0.29, 0.717) is 5.92 Å². The summed E-state index contributed by atoms with van der Waals surface area (Å²) < 4.78 is 1.54. The monoisotopic (exact) mass is 286 g/mol. The summed E-state index contributed by atoms with van der Waals surface area (Å²) in [5.74, 6) is -0.303. The molecule has 21 heavy (non-hydrogen) atoms. The third-order valence-electron chi connectivity index (χ3n) is 3.71. The van der Waals surface area contributed by atoms with Gasteiger partial charge in [-0.2, -0.15) is 5.10 Å². The minimum atomic E-state index is -0.945. The van der Waals surface area contributed by atoms with E-state index in [4.69, 9.17) is 0 Å². The van der Waals surface area contributed by atoms with E-state index in [2.05, 4.69) is 18.9 Å². The van der Waals surface area contributed by atoms with E-state index in [1.54, 1.807) is 0 Å². The van der Waals surface area contributed by atoms with Crippen LogP contribution in [0.4, 0.5) is 0 Å². The molecule has 1 aromatic carbocycles. The molecular weight excluding hydrogens is 264 g/mol. The van der Waals surface area contributed by atoms with Crippen LogP contribution in [0.5, 0.6) is 0 Å². The first-order chi connectivity index (χ1) is 9.82. The number of aromatic nitrogens is 2. The molecule has 0 atom stereocenters. The predicted molar refractivity (Wildman–Crippen MR) is 83.4 cm³/mol. The maximum atomic E-state index is 11.6. The van der Waals surface area contributed by atoms with Crippen molar-refractivity contribution >= 4 is 5.97 Å². The van der Waals surface area contributed by atoms with Gasteiger partial charge in [-0.05, 0) is 36.5 Å². The molecule has 0 saturated carbocycles. The van der Waals surface area contributed by atoms with Crippen molar-refractivity contribution in [3.8, 4) is 5.69 Å². The van der Waals surface area contributed by atoms with Gasteiger partial charge in [0, 0.05) is 5.56 Å². The predicted octanol–water partition coefficient (Wildman–Crippen LogP) is 4.13. The summed E-state index contributed by atoms with van der Waals surface area (Å²) in [5.41, 5.74) is 3.83. The first kappa shape index (κ1) is 15.3. The fourth-order valence-electron chi connectivity index (χ4n) is 2.50. The van der Waals surface area contributed by atoms with Crippen LogP contribution in [-0.4, -0.2) is 20.9 Å². The van der Waals surface area contributed by atoms with Crippen molar-refractivity contribution in [2.24, 2.45) is 0 Å². The molecule has 1 aromatic heterocycles. The number of nitrogens with zero attached hydrogens (tertiary/aromatic N) is 2. The summed E-state index contributed by atoms with van der Waals surface area (Å²) in [7, 11) is 0. The highest BCUT2D eigenvalue weighted by molar-refractivity contribution is 5.88. The molecule has 0 amide bonds. The molecule has 112 valence electrons. The Morgan fingerprint density at radius 2 is 1.67 bits per heavy atom. The largest absolute Gasteiger partial charge is 0.477 e. The third-order valence-corrected chi connectivity index (χ3v) is 3.71. The molecule has 0 spiro atoms. The van der Waals surface area contributed by atoms with Gasteiger partial charge in [0.1, 0.15) is 0 Å². The zero-order chi connectivity index (χ0) is 15.7. The van der Waals surface area contributed by atoms with Crippen LogP contribution in [0.15, 0.2) is 24.3 Å². The standard InChI is InChI=1S/C17H22N2O2/c1-10(2)13-6-8-14(9-7-13)19-16(17(20)21)12(5)15(18-19)11(3)4/h6-11H,1-5H3,(H,20,21). The first-order valence-corrected chi connectivity index (χ1v) is 7.26. The van der Waals surface area contributed by atoms with Gasteiger partial charge in [0.15, 0.2) is 5.69 Å². The SMILES string of the molecule is Cc1c(C(C)C)nn(-c2ccc(C(C)C)cc2)c1C(=O)O. The summed E-state index contributed by atoms with van der Waals surface area (Å²) in [5, 5.41) is 14.0. The number of aromatic carboxylic acids is 1. The smallest absolute Gasteiger partial charge is 0.354 e. The fraction of sp³-hybridized carbons (Fsp3) is 0.412. The molecule has 2 aromatic rings. The quantitative estimate of drug-likeness (QED) is 0.919. The highest BCUT2D eigenvalue weighted by Crippen LogP contribution is 2.25. The van der Waals surface area contributed by atoms with Gasteiger partial charge in [-0.15, -0.1) is 0 Å². The lowest BCUT2D eigenvalue weighted by molar-refractivity contribution is 0.0686. The molecule has 0 fully saturated rings. The number of benzene rings is 1. The molecule has 0 unspecified atom stereocenters. The van der Waals surface area contributed by atoms with Crippen molar-refractivity contribution < 1.29 is 9.90 Å². The molecule has 1 N–H and O–H groups in total. The zero-order valence-electron chi connectivity index (χ0n) is 13.2. The van der Waals surface area contributed by atoms with Gasteiger partial charge >= 0.3 is 5.97 Å². The fourth-order valence-corrected chi connectivity index (χ4v) is 2.50. The maximum Gasteiger partial charge on any atom is 0.354 e. The van der Waals surface area contributed by atoms with Crippen molar-refractivity contribution in [3.05, 3.63) is 46.8 Å². The van der Waals surface area contributed by atoms with Crippen molar-refractivity contribution in [1.82, 2.24) is 9.78 Å². The van der Waals surface area contributed by atoms with E-state index in [9.17, 15) is 9.90 Å². The second kappa shape index (κ2) is 5.72. The lowest BCUT2D eigenvalue weighted by atomic mass is 10.0. The number of carbonyl (C=O) groups is 1. The molecule has 4 heteroatoms. The lowest BCUT2D eigenvalue weighted by Gasteiger charge is -2.08. The average Bonchev–Trinajstić information content (AvgIpc) is 2.76. The minimum absolute atomic E-state index is 0.194.